The molecule has 118 valence electrons. The number of likely N-dealkylation sites (tertiary alicyclic amines) is 1. The van der Waals surface area contributed by atoms with Crippen LogP contribution in [0.25, 0.3) is 0 Å². The lowest BCUT2D eigenvalue weighted by atomic mass is 9.87. The zero-order chi connectivity index (χ0) is 16.6. The van der Waals surface area contributed by atoms with Gasteiger partial charge >= 0.3 is 12.1 Å². The van der Waals surface area contributed by atoms with Crippen LogP contribution >= 0.6 is 0 Å². The predicted molar refractivity (Wildman–Crippen MR) is 76.4 cm³/mol. The van der Waals surface area contributed by atoms with Crippen LogP contribution in [0.4, 0.5) is 4.79 Å². The molecule has 1 rings (SSSR count). The predicted octanol–water partition coefficient (Wildman–Crippen LogP) is 2.28. The highest BCUT2D eigenvalue weighted by atomic mass is 16.6. The minimum atomic E-state index is -1.01. The Hall–Kier alpha value is -1.85. The largest absolute Gasteiger partial charge is 0.458 e. The highest BCUT2D eigenvalue weighted by molar-refractivity contribution is 6.07. The van der Waals surface area contributed by atoms with Gasteiger partial charge in [-0.2, -0.15) is 0 Å². The summed E-state index contributed by atoms with van der Waals surface area (Å²) in [6.45, 7) is 13.7. The van der Waals surface area contributed by atoms with Crippen LogP contribution in [0.5, 0.6) is 0 Å². The molecule has 0 N–H and O–H groups in total. The molecule has 1 saturated heterocycles. The quantitative estimate of drug-likeness (QED) is 0.444. The molecule has 0 aliphatic carbocycles. The van der Waals surface area contributed by atoms with Gasteiger partial charge in [-0.3, -0.25) is 4.79 Å². The van der Waals surface area contributed by atoms with Crippen molar-refractivity contribution in [2.24, 2.45) is 5.92 Å². The van der Waals surface area contributed by atoms with E-state index in [1.165, 1.54) is 6.08 Å². The van der Waals surface area contributed by atoms with E-state index in [4.69, 9.17) is 9.47 Å². The van der Waals surface area contributed by atoms with Crippen molar-refractivity contribution in [1.29, 1.82) is 0 Å². The van der Waals surface area contributed by atoms with E-state index in [-0.39, 0.29) is 0 Å². The molecule has 6 heteroatoms. The average molecular weight is 297 g/mol. The molecule has 1 heterocycles. The van der Waals surface area contributed by atoms with Crippen molar-refractivity contribution >= 4 is 18.0 Å². The minimum Gasteiger partial charge on any atom is -0.458 e. The van der Waals surface area contributed by atoms with E-state index in [1.54, 1.807) is 41.5 Å². The number of esters is 1. The van der Waals surface area contributed by atoms with Gasteiger partial charge in [-0.15, -0.1) is 6.58 Å². The van der Waals surface area contributed by atoms with Crippen molar-refractivity contribution in [3.63, 3.8) is 0 Å². The number of ether oxygens (including phenoxy) is 2. The van der Waals surface area contributed by atoms with Gasteiger partial charge in [-0.25, -0.2) is 14.5 Å². The summed E-state index contributed by atoms with van der Waals surface area (Å²) in [6, 6.07) is -1.01. The lowest BCUT2D eigenvalue weighted by molar-refractivity contribution is -0.177. The van der Waals surface area contributed by atoms with Crippen molar-refractivity contribution in [1.82, 2.24) is 4.90 Å². The van der Waals surface area contributed by atoms with Crippen molar-refractivity contribution in [3.8, 4) is 0 Å². The van der Waals surface area contributed by atoms with E-state index in [2.05, 4.69) is 6.58 Å². The van der Waals surface area contributed by atoms with Crippen LogP contribution in [-0.2, 0) is 19.1 Å². The number of carbonyl (C=O) groups excluding carboxylic acids is 3. The molecule has 0 spiro atoms. The molecule has 6 nitrogen and oxygen atoms in total. The molecule has 2 amide bonds. The van der Waals surface area contributed by atoms with E-state index in [0.717, 1.165) is 4.90 Å². The molecule has 0 bridgehead atoms. The van der Waals surface area contributed by atoms with Crippen LogP contribution in [0.15, 0.2) is 12.7 Å². The van der Waals surface area contributed by atoms with Gasteiger partial charge < -0.3 is 9.47 Å². The summed E-state index contributed by atoms with van der Waals surface area (Å²) in [5, 5.41) is 0. The lowest BCUT2D eigenvalue weighted by Crippen LogP contribution is -2.67. The topological polar surface area (TPSA) is 72.9 Å². The number of imide groups is 1. The van der Waals surface area contributed by atoms with Crippen molar-refractivity contribution in [3.05, 3.63) is 12.7 Å². The lowest BCUT2D eigenvalue weighted by Gasteiger charge is -2.43. The summed E-state index contributed by atoms with van der Waals surface area (Å²) in [5.41, 5.74) is -1.46. The van der Waals surface area contributed by atoms with Crippen LogP contribution in [0.1, 0.15) is 41.5 Å². The SMILES string of the molecule is C=C[C@H]1C(=O)N(C(=O)OC(C)(C)C)[C@@H]1C(=O)OC(C)(C)C. The number of hydrogen-bond donors (Lipinski definition) is 0. The first-order chi connectivity index (χ1) is 9.37. The third kappa shape index (κ3) is 4.06. The highest BCUT2D eigenvalue weighted by Crippen LogP contribution is 2.31. The number of amides is 2. The number of nitrogens with zero attached hydrogens (tertiary/aromatic N) is 1. The van der Waals surface area contributed by atoms with E-state index < -0.39 is 41.1 Å². The van der Waals surface area contributed by atoms with Crippen LogP contribution in [0.3, 0.4) is 0 Å². The van der Waals surface area contributed by atoms with Gasteiger partial charge in [0.15, 0.2) is 6.04 Å². The molecule has 1 fully saturated rings. The Balaban J connectivity index is 2.92. The van der Waals surface area contributed by atoms with E-state index in [1.807, 2.05) is 0 Å². The zero-order valence-electron chi connectivity index (χ0n) is 13.4. The summed E-state index contributed by atoms with van der Waals surface area (Å²) >= 11 is 0. The zero-order valence-corrected chi connectivity index (χ0v) is 13.4. The highest BCUT2D eigenvalue weighted by Gasteiger charge is 2.55. The minimum absolute atomic E-state index is 0.505. The Morgan fingerprint density at radius 3 is 1.95 bits per heavy atom. The molecule has 1 aliphatic rings. The standard InChI is InChI=1S/C15H23NO5/c1-8-9-10(12(18)20-14(2,3)4)16(11(9)17)13(19)21-15(5,6)7/h8-10H,1H2,2-7H3/t9-,10+/m1/s1. The second kappa shape index (κ2) is 5.50. The summed E-state index contributed by atoms with van der Waals surface area (Å²) in [4.78, 5) is 36.9. The van der Waals surface area contributed by atoms with Crippen LogP contribution < -0.4 is 0 Å². The molecule has 0 radical (unpaired) electrons. The maximum Gasteiger partial charge on any atom is 0.417 e. The number of hydrogen-bond acceptors (Lipinski definition) is 5. The molecular weight excluding hydrogens is 274 g/mol. The van der Waals surface area contributed by atoms with Gasteiger partial charge in [0, 0.05) is 0 Å². The molecule has 0 aromatic carbocycles. The molecule has 0 aromatic rings. The molecule has 0 aromatic heterocycles. The molecule has 0 unspecified atom stereocenters. The molecule has 1 aliphatic heterocycles. The van der Waals surface area contributed by atoms with Gasteiger partial charge in [0.25, 0.3) is 0 Å². The first-order valence-electron chi connectivity index (χ1n) is 6.79. The first kappa shape index (κ1) is 17.2. The fraction of sp³-hybridized carbons (Fsp3) is 0.667. The Labute approximate surface area is 125 Å². The third-order valence-corrected chi connectivity index (χ3v) is 2.63. The maximum atomic E-state index is 12.2. The van der Waals surface area contributed by atoms with Crippen LogP contribution in [0, 0.1) is 5.92 Å². The second-order valence-electron chi connectivity index (χ2n) is 6.93. The van der Waals surface area contributed by atoms with E-state index in [9.17, 15) is 14.4 Å². The van der Waals surface area contributed by atoms with E-state index in [0.29, 0.717) is 0 Å². The van der Waals surface area contributed by atoms with E-state index >= 15 is 0 Å². The van der Waals surface area contributed by atoms with Crippen molar-refractivity contribution in [2.75, 3.05) is 0 Å². The van der Waals surface area contributed by atoms with Gasteiger partial charge in [0.1, 0.15) is 11.2 Å². The van der Waals surface area contributed by atoms with Crippen molar-refractivity contribution in [2.45, 2.75) is 58.8 Å². The summed E-state index contributed by atoms with van der Waals surface area (Å²) < 4.78 is 10.4. The first-order valence-corrected chi connectivity index (χ1v) is 6.79. The van der Waals surface area contributed by atoms with Gasteiger partial charge in [0.05, 0.1) is 5.92 Å². The van der Waals surface area contributed by atoms with Gasteiger partial charge in [0.2, 0.25) is 5.91 Å². The maximum absolute atomic E-state index is 12.2. The monoisotopic (exact) mass is 297 g/mol. The summed E-state index contributed by atoms with van der Waals surface area (Å²) in [6.07, 6.45) is 0.499. The average Bonchev–Trinajstić information content (AvgIpc) is 2.20. The van der Waals surface area contributed by atoms with Gasteiger partial charge in [-0.05, 0) is 41.5 Å². The number of rotatable bonds is 2. The molecule has 21 heavy (non-hydrogen) atoms. The van der Waals surface area contributed by atoms with Crippen molar-refractivity contribution < 1.29 is 23.9 Å². The smallest absolute Gasteiger partial charge is 0.417 e. The van der Waals surface area contributed by atoms with Crippen LogP contribution in [0.2, 0.25) is 0 Å². The molecular formula is C15H23NO5. The Bertz CT molecular complexity index is 469. The number of β-lactam (4-membered cyclic amide) rings is 1. The molecule has 0 saturated carbocycles. The normalized spacial score (nSPS) is 22.4. The summed E-state index contributed by atoms with van der Waals surface area (Å²) in [5.74, 6) is -1.90. The Kier molecular flexibility index (Phi) is 4.51. The Morgan fingerprint density at radius 2 is 1.57 bits per heavy atom. The fourth-order valence-corrected chi connectivity index (χ4v) is 1.87. The number of carbonyl (C=O) groups is 3. The molecule has 2 atom stereocenters. The Morgan fingerprint density at radius 1 is 1.10 bits per heavy atom. The van der Waals surface area contributed by atoms with Gasteiger partial charge in [-0.1, -0.05) is 6.08 Å². The fourth-order valence-electron chi connectivity index (χ4n) is 1.87. The second-order valence-corrected chi connectivity index (χ2v) is 6.93. The van der Waals surface area contributed by atoms with Crippen LogP contribution in [-0.4, -0.2) is 40.1 Å². The third-order valence-electron chi connectivity index (χ3n) is 2.63. The summed E-state index contributed by atoms with van der Waals surface area (Å²) in [7, 11) is 0.